The number of amides is 3. The molecule has 1 N–H and O–H groups in total. The molecule has 1 atom stereocenters. The van der Waals surface area contributed by atoms with Crippen molar-refractivity contribution in [3.05, 3.63) is 76.9 Å². The first-order valence-electron chi connectivity index (χ1n) is 13.5. The molecule has 0 spiro atoms. The molecule has 192 valence electrons. The molecule has 7 nitrogen and oxygen atoms in total. The summed E-state index contributed by atoms with van der Waals surface area (Å²) in [5.41, 5.74) is 5.05. The average molecular weight is 506 g/mol. The SMILES string of the molecule is BC(B)(c1ccc(Cc2ccc3c4c(cccc24)C(=O)N3C2CCC(=O)NC2=O)cc1)N1CCN(C)CC1. The zero-order valence-corrected chi connectivity index (χ0v) is 22.3. The van der Waals surface area contributed by atoms with Crippen LogP contribution in [0.4, 0.5) is 5.69 Å². The summed E-state index contributed by atoms with van der Waals surface area (Å²) in [5.74, 6) is -0.860. The summed E-state index contributed by atoms with van der Waals surface area (Å²) in [6.07, 6.45) is 1.33. The van der Waals surface area contributed by atoms with Crippen LogP contribution in [-0.4, -0.2) is 82.5 Å². The van der Waals surface area contributed by atoms with Gasteiger partial charge in [-0.15, -0.1) is 0 Å². The Morgan fingerprint density at radius 3 is 2.39 bits per heavy atom. The van der Waals surface area contributed by atoms with Crippen molar-refractivity contribution in [1.82, 2.24) is 15.1 Å². The van der Waals surface area contributed by atoms with Crippen LogP contribution in [0.5, 0.6) is 0 Å². The number of rotatable bonds is 5. The van der Waals surface area contributed by atoms with Gasteiger partial charge in [-0.1, -0.05) is 42.5 Å². The molecule has 3 heterocycles. The molecule has 0 bridgehead atoms. The summed E-state index contributed by atoms with van der Waals surface area (Å²) in [7, 11) is 6.80. The number of carbonyl (C=O) groups is 3. The monoisotopic (exact) mass is 506 g/mol. The van der Waals surface area contributed by atoms with Crippen molar-refractivity contribution in [3.8, 4) is 0 Å². The van der Waals surface area contributed by atoms with Gasteiger partial charge in [0.2, 0.25) is 11.8 Å². The van der Waals surface area contributed by atoms with Gasteiger partial charge in [0.05, 0.1) is 5.69 Å². The third-order valence-electron chi connectivity index (χ3n) is 8.69. The Hall–Kier alpha value is -3.42. The van der Waals surface area contributed by atoms with Crippen LogP contribution in [-0.2, 0) is 21.3 Å². The fourth-order valence-corrected chi connectivity index (χ4v) is 6.26. The lowest BCUT2D eigenvalue weighted by atomic mass is 9.56. The van der Waals surface area contributed by atoms with Crippen LogP contribution in [0.3, 0.4) is 0 Å². The number of nitrogens with zero attached hydrogens (tertiary/aromatic N) is 3. The smallest absolute Gasteiger partial charge is 0.259 e. The van der Waals surface area contributed by atoms with E-state index in [0.29, 0.717) is 12.0 Å². The molecular weight excluding hydrogens is 474 g/mol. The van der Waals surface area contributed by atoms with Crippen LogP contribution in [0.25, 0.3) is 10.8 Å². The van der Waals surface area contributed by atoms with E-state index in [9.17, 15) is 14.4 Å². The highest BCUT2D eigenvalue weighted by Crippen LogP contribution is 2.41. The van der Waals surface area contributed by atoms with Gasteiger partial charge in [0.25, 0.3) is 5.91 Å². The Morgan fingerprint density at radius 2 is 1.68 bits per heavy atom. The summed E-state index contributed by atoms with van der Waals surface area (Å²) >= 11 is 0. The summed E-state index contributed by atoms with van der Waals surface area (Å²) in [4.78, 5) is 44.2. The maximum absolute atomic E-state index is 13.4. The Balaban J connectivity index is 1.27. The van der Waals surface area contributed by atoms with Crippen molar-refractivity contribution < 1.29 is 14.4 Å². The van der Waals surface area contributed by atoms with Crippen molar-refractivity contribution in [3.63, 3.8) is 0 Å². The minimum atomic E-state index is -0.669. The van der Waals surface area contributed by atoms with E-state index in [1.807, 2.05) is 18.2 Å². The first-order valence-corrected chi connectivity index (χ1v) is 13.5. The molecule has 3 aromatic carbocycles. The van der Waals surface area contributed by atoms with E-state index in [1.165, 1.54) is 11.1 Å². The first-order chi connectivity index (χ1) is 18.2. The largest absolute Gasteiger partial charge is 0.307 e. The van der Waals surface area contributed by atoms with E-state index in [2.05, 4.69) is 74.3 Å². The zero-order chi connectivity index (χ0) is 26.6. The highest BCUT2D eigenvalue weighted by molar-refractivity contribution is 6.39. The highest BCUT2D eigenvalue weighted by atomic mass is 16.2. The predicted octanol–water partition coefficient (Wildman–Crippen LogP) is 0.820. The summed E-state index contributed by atoms with van der Waals surface area (Å²) in [6.45, 7) is 4.33. The highest BCUT2D eigenvalue weighted by Gasteiger charge is 2.40. The summed E-state index contributed by atoms with van der Waals surface area (Å²) in [5, 5.41) is 4.29. The maximum Gasteiger partial charge on any atom is 0.259 e. The lowest BCUT2D eigenvalue weighted by molar-refractivity contribution is -0.134. The maximum atomic E-state index is 13.4. The van der Waals surface area contributed by atoms with Gasteiger partial charge in [-0.05, 0) is 59.4 Å². The van der Waals surface area contributed by atoms with Gasteiger partial charge in [0, 0.05) is 43.5 Å². The Morgan fingerprint density at radius 1 is 0.947 bits per heavy atom. The second-order valence-electron chi connectivity index (χ2n) is 11.3. The van der Waals surface area contributed by atoms with Gasteiger partial charge in [0.15, 0.2) is 0 Å². The number of hydrogen-bond donors (Lipinski definition) is 1. The molecule has 6 rings (SSSR count). The van der Waals surface area contributed by atoms with Crippen LogP contribution in [0, 0.1) is 0 Å². The van der Waals surface area contributed by atoms with Crippen LogP contribution in [0.15, 0.2) is 54.6 Å². The van der Waals surface area contributed by atoms with E-state index in [-0.39, 0.29) is 23.6 Å². The number of hydrogen-bond acceptors (Lipinski definition) is 5. The lowest BCUT2D eigenvalue weighted by Crippen LogP contribution is -2.55. The minimum Gasteiger partial charge on any atom is -0.307 e. The van der Waals surface area contributed by atoms with E-state index in [4.69, 9.17) is 0 Å². The Kier molecular flexibility index (Phi) is 6.16. The Labute approximate surface area is 225 Å². The van der Waals surface area contributed by atoms with Crippen LogP contribution >= 0.6 is 0 Å². The standard InChI is InChI=1S/C29H32B2N4O3/c1-33-13-15-34(16-14-33)29(30,31)20-8-5-18(6-9-20)17-19-7-10-23-26-21(19)3-2-4-22(26)28(38)35(23)24-11-12-25(36)32-27(24)37/h2-10,24H,11-17,30-31H2,1H3,(H,32,36,37). The molecule has 3 aliphatic rings. The molecule has 3 amide bonds. The number of piperazine rings is 1. The van der Waals surface area contributed by atoms with Gasteiger partial charge >= 0.3 is 0 Å². The molecule has 9 heteroatoms. The zero-order valence-electron chi connectivity index (χ0n) is 22.3. The van der Waals surface area contributed by atoms with Gasteiger partial charge in [0.1, 0.15) is 21.7 Å². The van der Waals surface area contributed by atoms with Crippen LogP contribution in [0.2, 0.25) is 0 Å². The lowest BCUT2D eigenvalue weighted by Gasteiger charge is -2.44. The van der Waals surface area contributed by atoms with Gasteiger partial charge in [-0.2, -0.15) is 0 Å². The van der Waals surface area contributed by atoms with Crippen molar-refractivity contribution in [1.29, 1.82) is 0 Å². The number of anilines is 1. The third kappa shape index (κ3) is 4.14. The van der Waals surface area contributed by atoms with E-state index in [0.717, 1.165) is 54.6 Å². The molecular formula is C29H32B2N4O3. The quantitative estimate of drug-likeness (QED) is 0.410. The third-order valence-corrected chi connectivity index (χ3v) is 8.69. The molecule has 3 aliphatic heterocycles. The number of benzene rings is 3. The second kappa shape index (κ2) is 9.40. The minimum absolute atomic E-state index is 0.0262. The molecule has 0 saturated carbocycles. The van der Waals surface area contributed by atoms with E-state index >= 15 is 0 Å². The Bertz CT molecular complexity index is 1450. The summed E-state index contributed by atoms with van der Waals surface area (Å²) in [6, 6.07) is 18.1. The van der Waals surface area contributed by atoms with Gasteiger partial charge < -0.3 is 9.80 Å². The number of carbonyl (C=O) groups excluding carboxylic acids is 3. The van der Waals surface area contributed by atoms with Crippen molar-refractivity contribution >= 4 is 49.9 Å². The van der Waals surface area contributed by atoms with Crippen molar-refractivity contribution in [2.24, 2.45) is 0 Å². The number of nitrogens with one attached hydrogen (secondary N) is 1. The van der Waals surface area contributed by atoms with Gasteiger partial charge in [-0.3, -0.25) is 24.6 Å². The molecule has 3 aromatic rings. The number of imide groups is 1. The topological polar surface area (TPSA) is 73.0 Å². The van der Waals surface area contributed by atoms with E-state index in [1.54, 1.807) is 4.90 Å². The van der Waals surface area contributed by atoms with Crippen molar-refractivity contribution in [2.75, 3.05) is 38.1 Å². The predicted molar refractivity (Wildman–Crippen MR) is 154 cm³/mol. The summed E-state index contributed by atoms with van der Waals surface area (Å²) < 4.78 is 0. The molecule has 38 heavy (non-hydrogen) atoms. The molecule has 2 fully saturated rings. The van der Waals surface area contributed by atoms with Crippen LogP contribution in [0.1, 0.15) is 39.9 Å². The molecule has 2 saturated heterocycles. The normalized spacial score (nSPS) is 20.8. The fraction of sp³-hybridized carbons (Fsp3) is 0.345. The molecule has 0 aliphatic carbocycles. The fourth-order valence-electron chi connectivity index (χ4n) is 6.26. The molecule has 0 aromatic heterocycles. The molecule has 1 unspecified atom stereocenters. The molecule has 0 radical (unpaired) electrons. The van der Waals surface area contributed by atoms with Gasteiger partial charge in [-0.25, -0.2) is 0 Å². The first kappa shape index (κ1) is 24.9. The average Bonchev–Trinajstić information content (AvgIpc) is 3.19. The van der Waals surface area contributed by atoms with Crippen LogP contribution < -0.4 is 10.2 Å². The van der Waals surface area contributed by atoms with E-state index < -0.39 is 11.9 Å². The number of piperidine rings is 1. The second-order valence-corrected chi connectivity index (χ2v) is 11.3. The number of likely N-dealkylation sites (N-methyl/N-ethyl adjacent to an activating group) is 1. The van der Waals surface area contributed by atoms with Crippen molar-refractivity contribution in [2.45, 2.75) is 30.6 Å².